The largest absolute Gasteiger partial charge is 0.335 e. The van der Waals surface area contributed by atoms with E-state index in [1.165, 1.54) is 0 Å². The minimum absolute atomic E-state index is 0.0857. The van der Waals surface area contributed by atoms with E-state index in [2.05, 4.69) is 26.6 Å². The lowest BCUT2D eigenvalue weighted by atomic mass is 9.96. The Morgan fingerprint density at radius 2 is 1.20 bits per heavy atom. The number of imide groups is 1. The molecule has 2 aromatic heterocycles. The topological polar surface area (TPSA) is 65.3 Å². The zero-order valence-electron chi connectivity index (χ0n) is 15.8. The number of hydrogen-bond acceptors (Lipinski definition) is 3. The molecule has 1 saturated heterocycles. The molecule has 1 fully saturated rings. The van der Waals surface area contributed by atoms with Crippen LogP contribution in [-0.4, -0.2) is 20.9 Å². The van der Waals surface area contributed by atoms with Gasteiger partial charge in [0.15, 0.2) is 0 Å². The van der Waals surface area contributed by atoms with Crippen molar-refractivity contribution in [1.82, 2.24) is 14.5 Å². The van der Waals surface area contributed by atoms with Crippen LogP contribution in [0.15, 0.2) is 48.5 Å². The molecule has 8 rings (SSSR count). The lowest BCUT2D eigenvalue weighted by Gasteiger charge is -2.15. The van der Waals surface area contributed by atoms with Gasteiger partial charge in [-0.15, -0.1) is 0 Å². The van der Waals surface area contributed by atoms with E-state index in [1.54, 1.807) is 0 Å². The first kappa shape index (κ1) is 15.2. The molecule has 0 unspecified atom stereocenters. The molecule has 0 spiro atoms. The second kappa shape index (κ2) is 4.74. The molecule has 2 atom stereocenters. The fourth-order valence-electron chi connectivity index (χ4n) is 6.01. The van der Waals surface area contributed by atoms with E-state index >= 15 is 0 Å². The number of carbonyl (C=O) groups is 2. The predicted molar refractivity (Wildman–Crippen MR) is 113 cm³/mol. The molecular weight excluding hydrogens is 378 g/mol. The van der Waals surface area contributed by atoms with Crippen LogP contribution in [0.2, 0.25) is 0 Å². The Hall–Kier alpha value is -3.64. The molecule has 6 heteroatoms. The number of nitrogens with one attached hydrogen (secondary N) is 1. The lowest BCUT2D eigenvalue weighted by Crippen LogP contribution is -2.20. The van der Waals surface area contributed by atoms with Gasteiger partial charge in [0, 0.05) is 21.5 Å². The predicted octanol–water partition coefficient (Wildman–Crippen LogP) is 4.61. The zero-order valence-corrected chi connectivity index (χ0v) is 15.8. The van der Waals surface area contributed by atoms with Gasteiger partial charge in [-0.05, 0) is 25.0 Å². The first-order valence-electron chi connectivity index (χ1n) is 10.3. The monoisotopic (exact) mass is 393 g/mol. The van der Waals surface area contributed by atoms with Gasteiger partial charge in [0.05, 0.1) is 33.2 Å². The highest BCUT2D eigenvalue weighted by molar-refractivity contribution is 6.39. The molecule has 1 N–H and O–H groups in total. The van der Waals surface area contributed by atoms with Gasteiger partial charge in [-0.1, -0.05) is 36.4 Å². The van der Waals surface area contributed by atoms with E-state index in [9.17, 15) is 9.59 Å². The number of nitrogens with zero attached hydrogens (tertiary/aromatic N) is 2. The Morgan fingerprint density at radius 1 is 0.733 bits per heavy atom. The molecule has 3 aliphatic heterocycles. The smallest absolute Gasteiger partial charge is 0.259 e. The van der Waals surface area contributed by atoms with E-state index in [0.717, 1.165) is 56.5 Å². The van der Waals surface area contributed by atoms with Gasteiger partial charge in [0.25, 0.3) is 11.8 Å². The molecule has 2 bridgehead atoms. The second-order valence-electron chi connectivity index (χ2n) is 8.38. The maximum absolute atomic E-state index is 13.0. The Labute approximate surface area is 169 Å². The van der Waals surface area contributed by atoms with Crippen LogP contribution in [0.1, 0.15) is 46.0 Å². The van der Waals surface area contributed by atoms with Crippen LogP contribution in [-0.2, 0) is 4.74 Å². The van der Waals surface area contributed by atoms with Crippen molar-refractivity contribution in [3.8, 4) is 0 Å². The number of para-hydroxylation sites is 2. The molecule has 6 nitrogen and oxygen atoms in total. The number of rotatable bonds is 0. The summed E-state index contributed by atoms with van der Waals surface area (Å²) in [5.74, 6) is -0.626. The molecule has 5 aromatic rings. The summed E-state index contributed by atoms with van der Waals surface area (Å²) in [4.78, 5) is 26.0. The van der Waals surface area contributed by atoms with E-state index in [1.807, 2.05) is 36.4 Å². The highest BCUT2D eigenvalue weighted by Gasteiger charge is 2.41. The maximum Gasteiger partial charge on any atom is 0.259 e. The highest BCUT2D eigenvalue weighted by Crippen LogP contribution is 2.52. The van der Waals surface area contributed by atoms with Crippen molar-refractivity contribution >= 4 is 55.4 Å². The third kappa shape index (κ3) is 1.46. The quantitative estimate of drug-likeness (QED) is 0.391. The van der Waals surface area contributed by atoms with Crippen LogP contribution in [0.3, 0.4) is 0 Å². The summed E-state index contributed by atoms with van der Waals surface area (Å²) in [7, 11) is 0. The molecule has 144 valence electrons. The Bertz CT molecular complexity index is 1530. The van der Waals surface area contributed by atoms with Crippen molar-refractivity contribution < 1.29 is 14.3 Å². The van der Waals surface area contributed by atoms with Gasteiger partial charge in [-0.25, -0.2) is 0 Å². The normalized spacial score (nSPS) is 22.0. The molecule has 0 aliphatic carbocycles. The molecule has 30 heavy (non-hydrogen) atoms. The number of carbonyl (C=O) groups excluding carboxylic acids is 2. The van der Waals surface area contributed by atoms with Gasteiger partial charge in [-0.2, -0.15) is 0 Å². The van der Waals surface area contributed by atoms with E-state index < -0.39 is 0 Å². The number of amides is 2. The Kier molecular flexibility index (Phi) is 2.41. The van der Waals surface area contributed by atoms with E-state index in [0.29, 0.717) is 11.1 Å². The van der Waals surface area contributed by atoms with Crippen molar-refractivity contribution in [3.05, 3.63) is 59.7 Å². The second-order valence-corrected chi connectivity index (χ2v) is 8.38. The van der Waals surface area contributed by atoms with E-state index in [4.69, 9.17) is 4.74 Å². The molecule has 3 aliphatic rings. The van der Waals surface area contributed by atoms with Gasteiger partial charge >= 0.3 is 0 Å². The minimum atomic E-state index is -0.313. The van der Waals surface area contributed by atoms with Crippen LogP contribution < -0.4 is 5.32 Å². The van der Waals surface area contributed by atoms with Gasteiger partial charge in [0.1, 0.15) is 12.5 Å². The van der Waals surface area contributed by atoms with Crippen molar-refractivity contribution in [3.63, 3.8) is 0 Å². The third-order valence-electron chi connectivity index (χ3n) is 7.03. The summed E-state index contributed by atoms with van der Waals surface area (Å²) >= 11 is 0. The Balaban J connectivity index is 1.83. The van der Waals surface area contributed by atoms with Crippen molar-refractivity contribution in [1.29, 1.82) is 0 Å². The summed E-state index contributed by atoms with van der Waals surface area (Å²) in [5, 5.41) is 6.25. The van der Waals surface area contributed by atoms with Crippen molar-refractivity contribution in [2.75, 3.05) is 0 Å². The number of ether oxygens (including phenoxy) is 1. The van der Waals surface area contributed by atoms with E-state index in [-0.39, 0.29) is 24.3 Å². The molecule has 3 aromatic carbocycles. The standard InChI is InChI=1S/C24H15N3O3/c28-23-19-17-11-5-1-3-7-13(11)26-15-9-10-16(30-15)27-14-8-4-2-6-12(14)18(22(27)21(17)26)20(19)24(29)25-23/h1-8,15-16H,9-10H2,(H,25,28,29)/t15-,16-/m0/s1. The molecule has 0 saturated carbocycles. The maximum atomic E-state index is 13.0. The highest BCUT2D eigenvalue weighted by atomic mass is 16.5. The van der Waals surface area contributed by atoms with Gasteiger partial charge < -0.3 is 13.9 Å². The van der Waals surface area contributed by atoms with Crippen LogP contribution in [0.4, 0.5) is 0 Å². The van der Waals surface area contributed by atoms with Crippen molar-refractivity contribution in [2.45, 2.75) is 25.3 Å². The van der Waals surface area contributed by atoms with Crippen LogP contribution in [0.25, 0.3) is 43.6 Å². The minimum Gasteiger partial charge on any atom is -0.335 e. The summed E-state index contributed by atoms with van der Waals surface area (Å²) < 4.78 is 11.1. The van der Waals surface area contributed by atoms with Gasteiger partial charge in [-0.3, -0.25) is 14.9 Å². The fourth-order valence-corrected chi connectivity index (χ4v) is 6.01. The first-order valence-corrected chi connectivity index (χ1v) is 10.3. The van der Waals surface area contributed by atoms with Crippen molar-refractivity contribution in [2.24, 2.45) is 0 Å². The zero-order chi connectivity index (χ0) is 19.7. The number of benzene rings is 3. The average molecular weight is 393 g/mol. The summed E-state index contributed by atoms with van der Waals surface area (Å²) in [5.41, 5.74) is 5.07. The fraction of sp³-hybridized carbons (Fsp3) is 0.167. The average Bonchev–Trinajstić information content (AvgIpc) is 3.46. The third-order valence-corrected chi connectivity index (χ3v) is 7.03. The summed E-state index contributed by atoms with van der Waals surface area (Å²) in [6, 6.07) is 16.2. The first-order chi connectivity index (χ1) is 14.7. The molecule has 0 radical (unpaired) electrons. The van der Waals surface area contributed by atoms with Crippen LogP contribution >= 0.6 is 0 Å². The molecule has 2 amide bonds. The number of fused-ring (bicyclic) bond motifs is 13. The summed E-state index contributed by atoms with van der Waals surface area (Å²) in [6.45, 7) is 0. The Morgan fingerprint density at radius 3 is 1.70 bits per heavy atom. The van der Waals surface area contributed by atoms with Crippen LogP contribution in [0.5, 0.6) is 0 Å². The lowest BCUT2D eigenvalue weighted by molar-refractivity contribution is -0.0229. The number of aromatic nitrogens is 2. The summed E-state index contributed by atoms with van der Waals surface area (Å²) in [6.07, 6.45) is 1.65. The molecular formula is C24H15N3O3. The van der Waals surface area contributed by atoms with Gasteiger partial charge in [0.2, 0.25) is 0 Å². The van der Waals surface area contributed by atoms with Crippen LogP contribution in [0, 0.1) is 0 Å². The number of hydrogen-bond donors (Lipinski definition) is 1. The SMILES string of the molecule is O=C1NC(=O)c2c1c1c3ccccc3n3c1c1c2c2ccccc2n1[C@@H]1CC[C@@H]3O1. The molecule has 5 heterocycles.